The van der Waals surface area contributed by atoms with Crippen molar-refractivity contribution >= 4 is 17.8 Å². The van der Waals surface area contributed by atoms with Crippen LogP contribution >= 0.6 is 0 Å². The summed E-state index contributed by atoms with van der Waals surface area (Å²) < 4.78 is 52.0. The van der Waals surface area contributed by atoms with Crippen LogP contribution in [0.25, 0.3) is 0 Å². The second-order valence-electron chi connectivity index (χ2n) is 16.8. The molecule has 0 aromatic carbocycles. The topological polar surface area (TPSA) is 462 Å². The van der Waals surface area contributed by atoms with Crippen molar-refractivity contribution in [2.75, 3.05) is 26.4 Å². The van der Waals surface area contributed by atoms with Gasteiger partial charge in [-0.25, -0.2) is 4.79 Å². The van der Waals surface area contributed by atoms with Gasteiger partial charge in [-0.2, -0.15) is 0 Å². The fourth-order valence-electron chi connectivity index (χ4n) is 8.49. The van der Waals surface area contributed by atoms with Gasteiger partial charge in [-0.3, -0.25) is 9.59 Å². The van der Waals surface area contributed by atoms with E-state index in [4.69, 9.17) is 42.6 Å². The fraction of sp³-hybridized carbons (Fsp3) is 0.919. The van der Waals surface area contributed by atoms with E-state index in [-0.39, 0.29) is 6.42 Å². The van der Waals surface area contributed by atoms with Crippen LogP contribution in [0.15, 0.2) is 0 Å². The number of aliphatic carboxylic acids is 1. The van der Waals surface area contributed by atoms with Gasteiger partial charge in [0, 0.05) is 26.7 Å². The first-order chi connectivity index (χ1) is 31.0. The third-order valence-corrected chi connectivity index (χ3v) is 11.9. The maximum atomic E-state index is 13.0. The van der Waals surface area contributed by atoms with E-state index in [2.05, 4.69) is 10.6 Å². The lowest BCUT2D eigenvalue weighted by atomic mass is 9.88. The van der Waals surface area contributed by atoms with Crippen LogP contribution < -0.4 is 10.6 Å². The van der Waals surface area contributed by atoms with Crippen molar-refractivity contribution in [1.29, 1.82) is 0 Å². The Hall–Kier alpha value is -2.51. The Bertz CT molecular complexity index is 1610. The Kier molecular flexibility index (Phi) is 18.9. The van der Waals surface area contributed by atoms with Crippen molar-refractivity contribution in [3.63, 3.8) is 0 Å². The van der Waals surface area contributed by atoms with Crippen LogP contribution in [0.2, 0.25) is 0 Å². The zero-order valence-corrected chi connectivity index (χ0v) is 35.7. The quantitative estimate of drug-likeness (QED) is 0.0643. The van der Waals surface area contributed by atoms with Crippen molar-refractivity contribution in [3.05, 3.63) is 0 Å². The molecule has 0 aromatic heterocycles. The Labute approximate surface area is 374 Å². The molecule has 0 aliphatic carbocycles. The standard InChI is InChI=1S/C37H62N2O27/c1-10-4-13(46)22(50)34(58-10)63-29-20(39-12(3)45)33(64-30-23(51)16(7-41)59-32(55)25(30)53)61-18(9-43)27(29)62-35-26(54)31(24(52)17(8-42)60-35)66-37(36(56)57)5-14(47)19(38-11(2)44)28(65-37)21(49)15(48)6-40/h10,13-35,40-43,46-55H,4-9H2,1-3H3,(H,38,44)(H,39,45)(H,56,57)/t10-,13+,14-,15+,16+,17+,18+,19+,20+,21+,22-,23-,24-,25+,26+,27+,28+,29+,30-,31-,32+,33-,34-,35-,37-/m0/s1. The zero-order chi connectivity index (χ0) is 49.1. The van der Waals surface area contributed by atoms with E-state index >= 15 is 0 Å². The largest absolute Gasteiger partial charge is 0.477 e. The lowest BCUT2D eigenvalue weighted by molar-refractivity contribution is -0.395. The number of hydrogen-bond donors (Lipinski definition) is 17. The van der Waals surface area contributed by atoms with Gasteiger partial charge in [-0.05, 0) is 6.92 Å². The molecule has 25 atom stereocenters. The summed E-state index contributed by atoms with van der Waals surface area (Å²) in [6, 6.07) is -3.39. The first kappa shape index (κ1) is 54.4. The van der Waals surface area contributed by atoms with Crippen LogP contribution in [0, 0.1) is 0 Å². The van der Waals surface area contributed by atoms with Gasteiger partial charge in [-0.1, -0.05) is 0 Å². The number of hydrogen-bond acceptors (Lipinski definition) is 26. The van der Waals surface area contributed by atoms with Gasteiger partial charge in [0.15, 0.2) is 25.2 Å². The fourth-order valence-corrected chi connectivity index (χ4v) is 8.49. The van der Waals surface area contributed by atoms with Crippen LogP contribution in [-0.2, 0) is 57.0 Å². The van der Waals surface area contributed by atoms with E-state index in [9.17, 15) is 91.0 Å². The maximum absolute atomic E-state index is 13.0. The molecule has 29 nitrogen and oxygen atoms in total. The Morgan fingerprint density at radius 2 is 1.17 bits per heavy atom. The van der Waals surface area contributed by atoms with Gasteiger partial charge < -0.3 is 130 Å². The molecular formula is C37H62N2O27. The predicted octanol–water partition coefficient (Wildman–Crippen LogP) is -10.4. The molecule has 5 aliphatic rings. The molecule has 0 spiro atoms. The second kappa shape index (κ2) is 22.9. The number of aliphatic hydroxyl groups excluding tert-OH is 14. The Morgan fingerprint density at radius 3 is 1.74 bits per heavy atom. The molecule has 17 N–H and O–H groups in total. The highest BCUT2D eigenvalue weighted by Gasteiger charge is 2.61. The average molecular weight is 967 g/mol. The molecule has 5 fully saturated rings. The summed E-state index contributed by atoms with van der Waals surface area (Å²) in [4.78, 5) is 37.9. The number of carbonyl (C=O) groups is 3. The highest BCUT2D eigenvalue weighted by atomic mass is 16.8. The summed E-state index contributed by atoms with van der Waals surface area (Å²) in [6.45, 7) is -0.640. The van der Waals surface area contributed by atoms with Crippen molar-refractivity contribution in [3.8, 4) is 0 Å². The molecule has 66 heavy (non-hydrogen) atoms. The van der Waals surface area contributed by atoms with Gasteiger partial charge in [0.2, 0.25) is 11.8 Å². The van der Waals surface area contributed by atoms with Crippen molar-refractivity contribution in [2.24, 2.45) is 0 Å². The van der Waals surface area contributed by atoms with E-state index < -0.39 is 204 Å². The molecule has 5 rings (SSSR count). The second-order valence-corrected chi connectivity index (χ2v) is 16.8. The smallest absolute Gasteiger partial charge is 0.364 e. The van der Waals surface area contributed by atoms with Gasteiger partial charge in [-0.15, -0.1) is 0 Å². The number of aliphatic hydroxyl groups is 14. The predicted molar refractivity (Wildman–Crippen MR) is 204 cm³/mol. The minimum atomic E-state index is -3.17. The highest BCUT2D eigenvalue weighted by molar-refractivity contribution is 5.76. The van der Waals surface area contributed by atoms with Gasteiger partial charge >= 0.3 is 5.97 Å². The Morgan fingerprint density at radius 1 is 0.636 bits per heavy atom. The zero-order valence-electron chi connectivity index (χ0n) is 35.7. The number of amides is 2. The summed E-state index contributed by atoms with van der Waals surface area (Å²) in [7, 11) is 0. The van der Waals surface area contributed by atoms with Crippen LogP contribution in [-0.4, -0.2) is 274 Å². The molecule has 5 aliphatic heterocycles. The number of carbonyl (C=O) groups excluding carboxylic acids is 2. The van der Waals surface area contributed by atoms with Crippen molar-refractivity contribution in [1.82, 2.24) is 10.6 Å². The summed E-state index contributed by atoms with van der Waals surface area (Å²) >= 11 is 0. The number of ether oxygens (including phenoxy) is 9. The molecule has 29 heteroatoms. The number of rotatable bonds is 17. The lowest BCUT2D eigenvalue weighted by Gasteiger charge is -2.52. The molecule has 0 bridgehead atoms. The molecule has 0 unspecified atom stereocenters. The van der Waals surface area contributed by atoms with Crippen LogP contribution in [0.1, 0.15) is 33.6 Å². The Balaban J connectivity index is 1.54. The first-order valence-corrected chi connectivity index (χ1v) is 21.0. The normalized spacial score (nSPS) is 46.5. The summed E-state index contributed by atoms with van der Waals surface area (Å²) in [5.74, 6) is -6.88. The minimum absolute atomic E-state index is 0.0781. The van der Waals surface area contributed by atoms with Gasteiger partial charge in [0.25, 0.3) is 5.79 Å². The minimum Gasteiger partial charge on any atom is -0.477 e. The number of carboxylic acid groups (broad SMARTS) is 1. The maximum Gasteiger partial charge on any atom is 0.364 e. The molecule has 0 aromatic rings. The summed E-state index contributed by atoms with van der Waals surface area (Å²) in [6.07, 6.45) is -43.0. The summed E-state index contributed by atoms with van der Waals surface area (Å²) in [5, 5.41) is 165. The third kappa shape index (κ3) is 11.7. The number of carboxylic acids is 1. The molecule has 382 valence electrons. The first-order valence-electron chi connectivity index (χ1n) is 21.0. The van der Waals surface area contributed by atoms with E-state index in [1.54, 1.807) is 0 Å². The third-order valence-electron chi connectivity index (χ3n) is 11.9. The highest BCUT2D eigenvalue weighted by Crippen LogP contribution is 2.40. The monoisotopic (exact) mass is 966 g/mol. The van der Waals surface area contributed by atoms with Crippen LogP contribution in [0.3, 0.4) is 0 Å². The molecule has 0 saturated carbocycles. The molecule has 2 amide bonds. The van der Waals surface area contributed by atoms with E-state index in [0.29, 0.717) is 0 Å². The van der Waals surface area contributed by atoms with Crippen molar-refractivity contribution < 1.29 is 134 Å². The van der Waals surface area contributed by atoms with E-state index in [1.165, 1.54) is 6.92 Å². The van der Waals surface area contributed by atoms with Gasteiger partial charge in [0.05, 0.1) is 50.8 Å². The molecule has 5 heterocycles. The number of nitrogens with one attached hydrogen (secondary N) is 2. The van der Waals surface area contributed by atoms with Crippen LogP contribution in [0.5, 0.6) is 0 Å². The SMILES string of the molecule is CC(=O)N[C@H]1[C@H](O[C@@H]2[C@@H](O)[C@H](O)O[C@H](CO)[C@@H]2O)O[C@H](CO)[C@@H](O[C@@H]2O[C@H](CO)[C@H](O)[C@H](O[C@]3(C(=O)O)C[C@H](O)[C@@H](NC(C)=O)[C@H]([C@H](O)[C@H](O)CO)O3)[C@H]2O)[C@@H]1O[C@@H]1O[C@@H](C)C[C@@H](O)[C@@H]1O. The van der Waals surface area contributed by atoms with Crippen LogP contribution in [0.4, 0.5) is 0 Å². The molecular weight excluding hydrogens is 904 g/mol. The average Bonchev–Trinajstić information content (AvgIpc) is 3.26. The molecule has 5 saturated heterocycles. The van der Waals surface area contributed by atoms with E-state index in [1.807, 2.05) is 0 Å². The molecule has 0 radical (unpaired) electrons. The lowest BCUT2D eigenvalue weighted by Crippen LogP contribution is -2.72. The van der Waals surface area contributed by atoms with Gasteiger partial charge in [0.1, 0.15) is 97.6 Å². The summed E-state index contributed by atoms with van der Waals surface area (Å²) in [5.41, 5.74) is 0. The van der Waals surface area contributed by atoms with E-state index in [0.717, 1.165) is 13.8 Å². The van der Waals surface area contributed by atoms with Crippen molar-refractivity contribution in [2.45, 2.75) is 187 Å².